The maximum absolute atomic E-state index is 13.2. The monoisotopic (exact) mass is 411 g/mol. The van der Waals surface area contributed by atoms with Gasteiger partial charge in [-0.2, -0.15) is 0 Å². The zero-order valence-electron chi connectivity index (χ0n) is 14.4. The van der Waals surface area contributed by atoms with E-state index in [1.54, 1.807) is 12.1 Å². The summed E-state index contributed by atoms with van der Waals surface area (Å²) < 4.78 is 13.2. The van der Waals surface area contributed by atoms with Crippen LogP contribution in [0.4, 0.5) is 4.39 Å². The van der Waals surface area contributed by atoms with Gasteiger partial charge in [0.1, 0.15) is 12.8 Å². The van der Waals surface area contributed by atoms with Crippen molar-refractivity contribution in [3.05, 3.63) is 53.9 Å². The topological polar surface area (TPSA) is 74.2 Å². The van der Waals surface area contributed by atoms with E-state index in [-0.39, 0.29) is 0 Å². The summed E-state index contributed by atoms with van der Waals surface area (Å²) in [5.41, 5.74) is 3.37. The molecule has 1 fully saturated rings. The number of carbonyl (C=O) groups is 1. The number of pyridine rings is 1. The molecule has 0 saturated carbocycles. The Morgan fingerprint density at radius 2 is 1.93 bits per heavy atom. The molecular formula is C19H20Cl2FN3O2. The Hall–Kier alpha value is -1.73. The summed E-state index contributed by atoms with van der Waals surface area (Å²) in [6.45, 7) is 0.0738. The minimum absolute atomic E-state index is 0.338. The van der Waals surface area contributed by atoms with E-state index in [1.807, 2.05) is 30.5 Å². The fraction of sp³-hybridized carbons (Fsp3) is 0.368. The van der Waals surface area contributed by atoms with E-state index in [0.29, 0.717) is 11.6 Å². The molecule has 1 aromatic heterocycles. The molecule has 3 atom stereocenters. The lowest BCUT2D eigenvalue weighted by Crippen LogP contribution is -2.43. The van der Waals surface area contributed by atoms with Crippen molar-refractivity contribution in [2.45, 2.75) is 29.4 Å². The molecule has 3 rings (SSSR count). The van der Waals surface area contributed by atoms with Crippen LogP contribution >= 0.6 is 23.2 Å². The molecule has 1 amide bonds. The van der Waals surface area contributed by atoms with E-state index in [4.69, 9.17) is 23.2 Å². The third-order valence-electron chi connectivity index (χ3n) is 4.63. The number of carbonyl (C=O) groups excluding carboxylic acids is 1. The molecule has 0 aliphatic carbocycles. The van der Waals surface area contributed by atoms with Crippen LogP contribution in [0.15, 0.2) is 42.6 Å². The molecule has 144 valence electrons. The first-order chi connectivity index (χ1) is 13.0. The van der Waals surface area contributed by atoms with Crippen molar-refractivity contribution < 1.29 is 14.3 Å². The Kier molecular flexibility index (Phi) is 6.65. The largest absolute Gasteiger partial charge is 0.386 e. The van der Waals surface area contributed by atoms with Gasteiger partial charge in [-0.3, -0.25) is 9.78 Å². The van der Waals surface area contributed by atoms with Gasteiger partial charge in [-0.05, 0) is 30.2 Å². The van der Waals surface area contributed by atoms with Crippen LogP contribution in [0.3, 0.4) is 0 Å². The Bertz CT molecular complexity index is 768. The van der Waals surface area contributed by atoms with Crippen LogP contribution in [0.5, 0.6) is 0 Å². The Morgan fingerprint density at radius 1 is 1.26 bits per heavy atom. The van der Waals surface area contributed by atoms with Crippen LogP contribution in [0.1, 0.15) is 29.8 Å². The fourth-order valence-corrected chi connectivity index (χ4v) is 3.00. The fourth-order valence-electron chi connectivity index (χ4n) is 2.88. The average molecular weight is 412 g/mol. The molecule has 2 heterocycles. The second kappa shape index (κ2) is 8.97. The maximum atomic E-state index is 13.2. The molecule has 1 aliphatic heterocycles. The zero-order chi connectivity index (χ0) is 19.4. The van der Waals surface area contributed by atoms with Gasteiger partial charge in [-0.25, -0.2) is 4.39 Å². The lowest BCUT2D eigenvalue weighted by molar-refractivity contribution is -0.121. The standard InChI is InChI=1S/C19H20Cl2FN3O2/c20-18(21)19(27)25-16(9-22)17(26)12-3-1-11(2-4-12)13-5-6-14(24-10-13)15-7-8-23-15/h1-6,10,15-18,23,26H,7-9H2,(H,25,27)/t15?,16-,17-/m1/s1. The first kappa shape index (κ1) is 20.0. The van der Waals surface area contributed by atoms with Crippen molar-refractivity contribution in [3.63, 3.8) is 0 Å². The SMILES string of the molecule is O=C(N[C@H](CF)[C@H](O)c1ccc(-c2ccc(C3CCN3)nc2)cc1)C(Cl)Cl. The Labute approximate surface area is 166 Å². The number of aliphatic hydroxyl groups excluding tert-OH is 1. The van der Waals surface area contributed by atoms with Gasteiger partial charge in [0.15, 0.2) is 4.84 Å². The molecule has 1 unspecified atom stereocenters. The quantitative estimate of drug-likeness (QED) is 0.612. The number of benzene rings is 1. The molecule has 0 bridgehead atoms. The lowest BCUT2D eigenvalue weighted by atomic mass is 9.98. The van der Waals surface area contributed by atoms with Crippen molar-refractivity contribution in [2.75, 3.05) is 13.2 Å². The molecule has 27 heavy (non-hydrogen) atoms. The van der Waals surface area contributed by atoms with Gasteiger partial charge in [-0.1, -0.05) is 53.5 Å². The number of alkyl halides is 3. The van der Waals surface area contributed by atoms with Crippen LogP contribution in [0.25, 0.3) is 11.1 Å². The number of hydrogen-bond acceptors (Lipinski definition) is 4. The van der Waals surface area contributed by atoms with Crippen LogP contribution in [0, 0.1) is 0 Å². The number of aliphatic hydroxyl groups is 1. The van der Waals surface area contributed by atoms with Gasteiger partial charge >= 0.3 is 0 Å². The van der Waals surface area contributed by atoms with Crippen molar-refractivity contribution in [3.8, 4) is 11.1 Å². The van der Waals surface area contributed by atoms with E-state index < -0.39 is 29.6 Å². The van der Waals surface area contributed by atoms with Gasteiger partial charge in [0, 0.05) is 11.8 Å². The van der Waals surface area contributed by atoms with Crippen molar-refractivity contribution in [2.24, 2.45) is 0 Å². The third kappa shape index (κ3) is 4.76. The summed E-state index contributed by atoms with van der Waals surface area (Å²) in [5, 5.41) is 15.9. The number of rotatable bonds is 7. The smallest absolute Gasteiger partial charge is 0.253 e. The number of nitrogens with one attached hydrogen (secondary N) is 2. The van der Waals surface area contributed by atoms with Crippen molar-refractivity contribution >= 4 is 29.1 Å². The highest BCUT2D eigenvalue weighted by molar-refractivity contribution is 6.53. The summed E-state index contributed by atoms with van der Waals surface area (Å²) in [6.07, 6.45) is 1.69. The first-order valence-electron chi connectivity index (χ1n) is 8.62. The highest BCUT2D eigenvalue weighted by Gasteiger charge is 2.25. The minimum Gasteiger partial charge on any atom is -0.386 e. The van der Waals surface area contributed by atoms with Crippen LogP contribution in [-0.4, -0.2) is 40.1 Å². The van der Waals surface area contributed by atoms with Gasteiger partial charge in [0.05, 0.1) is 17.8 Å². The third-order valence-corrected chi connectivity index (χ3v) is 5.02. The molecule has 1 aromatic carbocycles. The Morgan fingerprint density at radius 3 is 2.41 bits per heavy atom. The van der Waals surface area contributed by atoms with Gasteiger partial charge in [0.25, 0.3) is 5.91 Å². The molecule has 2 aromatic rings. The van der Waals surface area contributed by atoms with Gasteiger partial charge in [-0.15, -0.1) is 0 Å². The van der Waals surface area contributed by atoms with Gasteiger partial charge < -0.3 is 15.7 Å². The van der Waals surface area contributed by atoms with E-state index >= 15 is 0 Å². The molecule has 5 nitrogen and oxygen atoms in total. The zero-order valence-corrected chi connectivity index (χ0v) is 15.9. The summed E-state index contributed by atoms with van der Waals surface area (Å²) >= 11 is 10.9. The molecular weight excluding hydrogens is 392 g/mol. The van der Waals surface area contributed by atoms with Crippen molar-refractivity contribution in [1.29, 1.82) is 0 Å². The Balaban J connectivity index is 1.69. The summed E-state index contributed by atoms with van der Waals surface area (Å²) in [4.78, 5) is 14.7. The minimum atomic E-state index is -1.32. The number of halogens is 3. The van der Waals surface area contributed by atoms with Crippen molar-refractivity contribution in [1.82, 2.24) is 15.6 Å². The number of amides is 1. The van der Waals surface area contributed by atoms with Crippen LogP contribution < -0.4 is 10.6 Å². The van der Waals surface area contributed by atoms with Crippen LogP contribution in [-0.2, 0) is 4.79 Å². The molecule has 3 N–H and O–H groups in total. The molecule has 0 spiro atoms. The highest BCUT2D eigenvalue weighted by Crippen LogP contribution is 2.26. The molecule has 1 saturated heterocycles. The summed E-state index contributed by atoms with van der Waals surface area (Å²) in [6, 6.07) is 10.2. The predicted octanol–water partition coefficient (Wildman–Crippen LogP) is 3.07. The lowest BCUT2D eigenvalue weighted by Gasteiger charge is -2.27. The summed E-state index contributed by atoms with van der Waals surface area (Å²) in [7, 11) is 0. The number of nitrogens with zero attached hydrogens (tertiary/aromatic N) is 1. The normalized spacial score (nSPS) is 18.6. The molecule has 8 heteroatoms. The molecule has 1 aliphatic rings. The highest BCUT2D eigenvalue weighted by atomic mass is 35.5. The van der Waals surface area contributed by atoms with E-state index in [0.717, 1.165) is 29.8 Å². The molecule has 0 radical (unpaired) electrons. The number of aromatic nitrogens is 1. The van der Waals surface area contributed by atoms with E-state index in [2.05, 4.69) is 15.6 Å². The second-order valence-electron chi connectivity index (χ2n) is 6.40. The van der Waals surface area contributed by atoms with E-state index in [1.165, 1.54) is 0 Å². The van der Waals surface area contributed by atoms with Gasteiger partial charge in [0.2, 0.25) is 0 Å². The maximum Gasteiger partial charge on any atom is 0.253 e. The van der Waals surface area contributed by atoms with Crippen LogP contribution in [0.2, 0.25) is 0 Å². The number of hydrogen-bond donors (Lipinski definition) is 3. The van der Waals surface area contributed by atoms with E-state index in [9.17, 15) is 14.3 Å². The average Bonchev–Trinajstić information content (AvgIpc) is 2.64. The predicted molar refractivity (Wildman–Crippen MR) is 103 cm³/mol. The second-order valence-corrected chi connectivity index (χ2v) is 7.50. The first-order valence-corrected chi connectivity index (χ1v) is 9.49. The summed E-state index contributed by atoms with van der Waals surface area (Å²) in [5.74, 6) is -0.747.